The van der Waals surface area contributed by atoms with Crippen LogP contribution in [-0.2, 0) is 51.3 Å². The van der Waals surface area contributed by atoms with Gasteiger partial charge in [-0.25, -0.2) is 22.9 Å². The first-order chi connectivity index (χ1) is 24.4. The van der Waals surface area contributed by atoms with Crippen LogP contribution in [0.4, 0.5) is 5.69 Å². The van der Waals surface area contributed by atoms with Crippen molar-refractivity contribution in [2.24, 2.45) is 22.2 Å². The molecular formula is C37H43N7O6S. The van der Waals surface area contributed by atoms with Crippen LogP contribution in [0, 0.1) is 0 Å². The Morgan fingerprint density at radius 3 is 2.10 bits per heavy atom. The minimum atomic E-state index is -4.14. The van der Waals surface area contributed by atoms with Crippen LogP contribution in [0.5, 0.6) is 0 Å². The Kier molecular flexibility index (Phi) is 13.8. The number of nitrogens with zero attached hydrogens (tertiary/aromatic N) is 1. The molecule has 4 aromatic rings. The Morgan fingerprint density at radius 1 is 0.745 bits per heavy atom. The molecule has 0 saturated heterocycles. The van der Waals surface area contributed by atoms with E-state index < -0.39 is 45.6 Å². The van der Waals surface area contributed by atoms with Gasteiger partial charge in [-0.05, 0) is 71.3 Å². The molecule has 4 rings (SSSR count). The highest BCUT2D eigenvalue weighted by atomic mass is 32.2. The number of amides is 2. The van der Waals surface area contributed by atoms with Crippen molar-refractivity contribution in [1.29, 1.82) is 0 Å². The molecule has 0 aliphatic rings. The van der Waals surface area contributed by atoms with Crippen LogP contribution in [0.15, 0.2) is 108 Å². The standard InChI is InChI=1S/C37H43N7O6S/c38-22-28-11-4-10-27(19-28)21-33(34(45)41-23-26-15-17-31(18-16-26)42-37(39)40)43-35(46)32(14-6-9-25-7-2-1-3-8-25)44-51(49,50)24-29-12-5-13-30(20-29)36(47)48/h1-5,7-8,10-13,15-20,32-33,44H,6,9,14,21-24,38H2,(H,41,45)(H,43,46)(H,47,48)(H4,39,40,42)/t32-,33+/m1/s1. The lowest BCUT2D eigenvalue weighted by Crippen LogP contribution is -2.54. The normalized spacial score (nSPS) is 12.3. The van der Waals surface area contributed by atoms with E-state index in [4.69, 9.17) is 17.2 Å². The van der Waals surface area contributed by atoms with Gasteiger partial charge in [-0.1, -0.05) is 78.9 Å². The fourth-order valence-corrected chi connectivity index (χ4v) is 6.78. The molecule has 0 aromatic heterocycles. The molecule has 51 heavy (non-hydrogen) atoms. The second kappa shape index (κ2) is 18.4. The van der Waals surface area contributed by atoms with E-state index in [2.05, 4.69) is 20.3 Å². The molecular weight excluding hydrogens is 671 g/mol. The summed E-state index contributed by atoms with van der Waals surface area (Å²) in [5.74, 6) is -2.98. The topological polar surface area (TPSA) is 232 Å². The molecule has 2 atom stereocenters. The summed E-state index contributed by atoms with van der Waals surface area (Å²) in [5.41, 5.74) is 20.8. The van der Waals surface area contributed by atoms with Crippen molar-refractivity contribution in [3.8, 4) is 0 Å². The molecule has 10 N–H and O–H groups in total. The predicted molar refractivity (Wildman–Crippen MR) is 196 cm³/mol. The van der Waals surface area contributed by atoms with Gasteiger partial charge in [0, 0.05) is 19.5 Å². The van der Waals surface area contributed by atoms with Gasteiger partial charge < -0.3 is 32.9 Å². The average molecular weight is 714 g/mol. The number of carboxylic acid groups (broad SMARTS) is 1. The number of nitrogens with two attached hydrogens (primary N) is 3. The van der Waals surface area contributed by atoms with Crippen molar-refractivity contribution in [2.45, 2.75) is 56.6 Å². The summed E-state index contributed by atoms with van der Waals surface area (Å²) in [6.45, 7) is 0.423. The van der Waals surface area contributed by atoms with E-state index in [1.807, 2.05) is 54.6 Å². The number of aromatic carboxylic acids is 1. The summed E-state index contributed by atoms with van der Waals surface area (Å²) in [6, 6.07) is 27.1. The van der Waals surface area contributed by atoms with Crippen LogP contribution in [-0.4, -0.2) is 49.4 Å². The van der Waals surface area contributed by atoms with Crippen LogP contribution in [0.1, 0.15) is 51.0 Å². The second-order valence-corrected chi connectivity index (χ2v) is 13.8. The maximum absolute atomic E-state index is 13.9. The van der Waals surface area contributed by atoms with E-state index in [1.165, 1.54) is 24.3 Å². The van der Waals surface area contributed by atoms with Gasteiger partial charge in [-0.15, -0.1) is 0 Å². The Morgan fingerprint density at radius 2 is 1.41 bits per heavy atom. The molecule has 0 bridgehead atoms. The van der Waals surface area contributed by atoms with Gasteiger partial charge >= 0.3 is 5.97 Å². The number of rotatable bonds is 18. The van der Waals surface area contributed by atoms with E-state index in [0.717, 1.165) is 22.3 Å². The minimum absolute atomic E-state index is 0.0582. The van der Waals surface area contributed by atoms with E-state index >= 15 is 0 Å². The SMILES string of the molecule is NCc1cccc(C[C@H](NC(=O)[C@@H](CCCc2ccccc2)NS(=O)(=O)Cc2cccc(C(=O)O)c2)C(=O)NCc2ccc(N=C(N)N)cc2)c1. The Balaban J connectivity index is 1.55. The third-order valence-corrected chi connectivity index (χ3v) is 9.29. The fourth-order valence-electron chi connectivity index (χ4n) is 5.42. The minimum Gasteiger partial charge on any atom is -0.478 e. The molecule has 2 amide bonds. The number of carbonyl (C=O) groups is 3. The molecule has 0 heterocycles. The molecule has 0 unspecified atom stereocenters. The lowest BCUT2D eigenvalue weighted by molar-refractivity contribution is -0.130. The molecule has 0 radical (unpaired) electrons. The number of guanidine groups is 1. The highest BCUT2D eigenvalue weighted by Gasteiger charge is 2.29. The largest absolute Gasteiger partial charge is 0.478 e. The molecule has 0 spiro atoms. The van der Waals surface area contributed by atoms with E-state index in [0.29, 0.717) is 18.5 Å². The van der Waals surface area contributed by atoms with E-state index in [9.17, 15) is 27.9 Å². The van der Waals surface area contributed by atoms with Gasteiger partial charge in [0.2, 0.25) is 21.8 Å². The number of aryl methyl sites for hydroxylation is 1. The second-order valence-electron chi connectivity index (χ2n) is 12.0. The molecule has 13 nitrogen and oxygen atoms in total. The lowest BCUT2D eigenvalue weighted by Gasteiger charge is -2.24. The van der Waals surface area contributed by atoms with Gasteiger partial charge in [-0.3, -0.25) is 9.59 Å². The summed E-state index contributed by atoms with van der Waals surface area (Å²) < 4.78 is 29.3. The zero-order chi connectivity index (χ0) is 36.8. The van der Waals surface area contributed by atoms with E-state index in [1.54, 1.807) is 24.3 Å². The highest BCUT2D eigenvalue weighted by Crippen LogP contribution is 2.15. The molecule has 0 fully saturated rings. The van der Waals surface area contributed by atoms with Crippen LogP contribution in [0.2, 0.25) is 0 Å². The lowest BCUT2D eigenvalue weighted by atomic mass is 10.0. The quantitative estimate of drug-likeness (QED) is 0.0592. The number of hydrogen-bond donors (Lipinski definition) is 7. The summed E-state index contributed by atoms with van der Waals surface area (Å²) >= 11 is 0. The first kappa shape index (κ1) is 38.2. The summed E-state index contributed by atoms with van der Waals surface area (Å²) in [5, 5.41) is 15.0. The maximum Gasteiger partial charge on any atom is 0.335 e. The van der Waals surface area contributed by atoms with Crippen molar-refractivity contribution in [2.75, 3.05) is 0 Å². The average Bonchev–Trinajstić information content (AvgIpc) is 3.10. The molecule has 0 aliphatic carbocycles. The molecule has 0 aliphatic heterocycles. The zero-order valence-electron chi connectivity index (χ0n) is 28.0. The third-order valence-electron chi connectivity index (χ3n) is 7.93. The van der Waals surface area contributed by atoms with E-state index in [-0.39, 0.29) is 43.0 Å². The van der Waals surface area contributed by atoms with Crippen molar-refractivity contribution in [1.82, 2.24) is 15.4 Å². The molecule has 268 valence electrons. The van der Waals surface area contributed by atoms with Crippen molar-refractivity contribution < 1.29 is 27.9 Å². The maximum atomic E-state index is 13.9. The van der Waals surface area contributed by atoms with Crippen LogP contribution < -0.4 is 32.6 Å². The smallest absolute Gasteiger partial charge is 0.335 e. The van der Waals surface area contributed by atoms with Gasteiger partial charge in [0.15, 0.2) is 5.96 Å². The molecule has 4 aromatic carbocycles. The number of nitrogens with one attached hydrogen (secondary N) is 3. The molecule has 0 saturated carbocycles. The number of benzene rings is 4. The summed E-state index contributed by atoms with van der Waals surface area (Å²) in [4.78, 5) is 43.0. The number of carbonyl (C=O) groups excluding carboxylic acids is 2. The number of aliphatic imine (C=N–C) groups is 1. The zero-order valence-corrected chi connectivity index (χ0v) is 28.8. The van der Waals surface area contributed by atoms with Crippen LogP contribution in [0.3, 0.4) is 0 Å². The Labute approximate surface area is 297 Å². The Bertz CT molecular complexity index is 1930. The number of carboxylic acids is 1. The van der Waals surface area contributed by atoms with Crippen molar-refractivity contribution in [3.05, 3.63) is 137 Å². The predicted octanol–water partition coefficient (Wildman–Crippen LogP) is 2.60. The van der Waals surface area contributed by atoms with Crippen molar-refractivity contribution in [3.63, 3.8) is 0 Å². The fraction of sp³-hybridized carbons (Fsp3) is 0.243. The first-order valence-electron chi connectivity index (χ1n) is 16.3. The van der Waals surface area contributed by atoms with Gasteiger partial charge in [-0.2, -0.15) is 0 Å². The van der Waals surface area contributed by atoms with Gasteiger partial charge in [0.1, 0.15) is 12.1 Å². The van der Waals surface area contributed by atoms with Crippen molar-refractivity contribution >= 4 is 39.5 Å². The molecule has 14 heteroatoms. The monoisotopic (exact) mass is 713 g/mol. The summed E-state index contributed by atoms with van der Waals surface area (Å²) in [7, 11) is -4.14. The van der Waals surface area contributed by atoms with Crippen LogP contribution in [0.25, 0.3) is 0 Å². The van der Waals surface area contributed by atoms with Gasteiger partial charge in [0.05, 0.1) is 17.0 Å². The van der Waals surface area contributed by atoms with Crippen LogP contribution >= 0.6 is 0 Å². The third kappa shape index (κ3) is 12.7. The Hall–Kier alpha value is -5.57. The number of sulfonamides is 1. The number of hydrogen-bond acceptors (Lipinski definition) is 7. The first-order valence-corrected chi connectivity index (χ1v) is 18.0. The highest BCUT2D eigenvalue weighted by molar-refractivity contribution is 7.88. The summed E-state index contributed by atoms with van der Waals surface area (Å²) in [6.07, 6.45) is 1.30. The van der Waals surface area contributed by atoms with Gasteiger partial charge in [0.25, 0.3) is 0 Å².